The molecular weight excluding hydrogens is 358 g/mol. The molecule has 0 spiro atoms. The Morgan fingerprint density at radius 2 is 1.81 bits per heavy atom. The molecule has 1 aromatic rings. The third kappa shape index (κ3) is 4.29. The van der Waals surface area contributed by atoms with E-state index in [0.29, 0.717) is 17.2 Å². The summed E-state index contributed by atoms with van der Waals surface area (Å²) in [5.41, 5.74) is -0.586. The number of hydrogen-bond donors (Lipinski definition) is 0. The molecule has 0 fully saturated rings. The number of nitrogens with zero attached hydrogens (tertiary/aromatic N) is 3. The second-order valence-electron chi connectivity index (χ2n) is 6.02. The summed E-state index contributed by atoms with van der Waals surface area (Å²) in [6.45, 7) is 5.25. The summed E-state index contributed by atoms with van der Waals surface area (Å²) in [6.07, 6.45) is 2.84. The number of non-ortho nitro benzene ring substituents is 1. The normalized spacial score (nSPS) is 15.4. The highest BCUT2D eigenvalue weighted by molar-refractivity contribution is 6.21. The Morgan fingerprint density at radius 3 is 2.37 bits per heavy atom. The second kappa shape index (κ2) is 7.68. The Kier molecular flexibility index (Phi) is 5.59. The highest BCUT2D eigenvalue weighted by Crippen LogP contribution is 2.26. The number of rotatable bonds is 5. The van der Waals surface area contributed by atoms with Gasteiger partial charge in [-0.25, -0.2) is 4.79 Å². The zero-order chi connectivity index (χ0) is 20.3. The van der Waals surface area contributed by atoms with Crippen LogP contribution in [0.3, 0.4) is 0 Å². The molecule has 0 atom stereocenters. The molecule has 0 heterocycles. The van der Waals surface area contributed by atoms with Gasteiger partial charge in [0.25, 0.3) is 11.4 Å². The molecule has 0 bridgehead atoms. The minimum absolute atomic E-state index is 0.0708. The van der Waals surface area contributed by atoms with Gasteiger partial charge in [-0.05, 0) is 36.6 Å². The maximum Gasteiger partial charge on any atom is 0.372 e. The van der Waals surface area contributed by atoms with Crippen LogP contribution < -0.4 is 0 Å². The Balaban J connectivity index is 2.34. The van der Waals surface area contributed by atoms with Crippen LogP contribution in [0.15, 0.2) is 46.7 Å². The van der Waals surface area contributed by atoms with Crippen LogP contribution in [0.5, 0.6) is 0 Å². The molecule has 1 aromatic carbocycles. The number of carbonyl (C=O) groups excluding carboxylic acids is 2. The van der Waals surface area contributed by atoms with Gasteiger partial charge in [0.05, 0.1) is 15.9 Å². The Labute approximate surface area is 153 Å². The number of benzene rings is 1. The van der Waals surface area contributed by atoms with Crippen molar-refractivity contribution in [3.05, 3.63) is 67.3 Å². The lowest BCUT2D eigenvalue weighted by atomic mass is 9.90. The van der Waals surface area contributed by atoms with Crippen LogP contribution in [-0.2, 0) is 9.63 Å². The third-order valence-electron chi connectivity index (χ3n) is 3.79. The smallest absolute Gasteiger partial charge is 0.312 e. The number of allylic oxidation sites excluding steroid dienone is 4. The van der Waals surface area contributed by atoms with E-state index < -0.39 is 32.8 Å². The van der Waals surface area contributed by atoms with Crippen molar-refractivity contribution in [3.8, 4) is 0 Å². The quantitative estimate of drug-likeness (QED) is 0.334. The van der Waals surface area contributed by atoms with Crippen molar-refractivity contribution in [1.29, 1.82) is 0 Å². The zero-order valence-corrected chi connectivity index (χ0v) is 14.7. The first-order valence-corrected chi connectivity index (χ1v) is 7.78. The number of carbonyl (C=O) groups is 2. The largest absolute Gasteiger partial charge is 0.372 e. The molecule has 10 nitrogen and oxygen atoms in total. The average Bonchev–Trinajstić information content (AvgIpc) is 2.59. The van der Waals surface area contributed by atoms with Gasteiger partial charge in [0.2, 0.25) is 0 Å². The lowest BCUT2D eigenvalue weighted by molar-refractivity contribution is -0.394. The molecule has 0 saturated heterocycles. The number of ketones is 1. The van der Waals surface area contributed by atoms with E-state index in [0.717, 1.165) is 12.1 Å². The van der Waals surface area contributed by atoms with Crippen molar-refractivity contribution in [3.63, 3.8) is 0 Å². The number of nitro benzene ring substituents is 2. The molecule has 2 rings (SSSR count). The lowest BCUT2D eigenvalue weighted by Gasteiger charge is -2.14. The molecule has 0 radical (unpaired) electrons. The predicted octanol–water partition coefficient (Wildman–Crippen LogP) is 3.13. The molecule has 140 valence electrons. The van der Waals surface area contributed by atoms with Crippen LogP contribution in [0.1, 0.15) is 31.1 Å². The molecule has 1 aliphatic rings. The molecule has 27 heavy (non-hydrogen) atoms. The topological polar surface area (TPSA) is 142 Å². The molecule has 1 aliphatic carbocycles. The first-order valence-electron chi connectivity index (χ1n) is 7.78. The van der Waals surface area contributed by atoms with Crippen molar-refractivity contribution >= 4 is 28.8 Å². The van der Waals surface area contributed by atoms with Gasteiger partial charge in [0.1, 0.15) is 11.3 Å². The van der Waals surface area contributed by atoms with E-state index in [4.69, 9.17) is 4.84 Å². The van der Waals surface area contributed by atoms with E-state index in [2.05, 4.69) is 5.16 Å². The summed E-state index contributed by atoms with van der Waals surface area (Å²) >= 11 is 0. The summed E-state index contributed by atoms with van der Waals surface area (Å²) in [7, 11) is 0. The molecule has 0 amide bonds. The molecule has 0 N–H and O–H groups in total. The minimum atomic E-state index is -1.15. The first kappa shape index (κ1) is 19.6. The number of hydrogen-bond acceptors (Lipinski definition) is 8. The van der Waals surface area contributed by atoms with Gasteiger partial charge >= 0.3 is 5.97 Å². The molecule has 10 heteroatoms. The summed E-state index contributed by atoms with van der Waals surface area (Å²) in [5, 5.41) is 25.5. The van der Waals surface area contributed by atoms with E-state index in [1.165, 1.54) is 12.2 Å². The fourth-order valence-electron chi connectivity index (χ4n) is 2.33. The Hall–Kier alpha value is -3.69. The molecule has 0 unspecified atom stereocenters. The summed E-state index contributed by atoms with van der Waals surface area (Å²) < 4.78 is 0. The average molecular weight is 373 g/mol. The van der Waals surface area contributed by atoms with Crippen molar-refractivity contribution in [2.24, 2.45) is 11.1 Å². The van der Waals surface area contributed by atoms with Gasteiger partial charge in [0.15, 0.2) is 5.78 Å². The van der Waals surface area contributed by atoms with Crippen LogP contribution in [0.2, 0.25) is 0 Å². The van der Waals surface area contributed by atoms with Crippen LogP contribution >= 0.6 is 0 Å². The van der Waals surface area contributed by atoms with Crippen LogP contribution in [0.4, 0.5) is 11.4 Å². The van der Waals surface area contributed by atoms with Crippen molar-refractivity contribution in [2.45, 2.75) is 20.8 Å². The third-order valence-corrected chi connectivity index (χ3v) is 3.79. The molecule has 0 aliphatic heterocycles. The first-order chi connectivity index (χ1) is 12.6. The zero-order valence-electron chi connectivity index (χ0n) is 14.7. The Morgan fingerprint density at radius 1 is 1.15 bits per heavy atom. The number of oxime groups is 1. The van der Waals surface area contributed by atoms with Gasteiger partial charge in [0, 0.05) is 11.6 Å². The van der Waals surface area contributed by atoms with Crippen molar-refractivity contribution in [1.82, 2.24) is 0 Å². The van der Waals surface area contributed by atoms with Crippen molar-refractivity contribution in [2.75, 3.05) is 0 Å². The van der Waals surface area contributed by atoms with E-state index in [1.54, 1.807) is 6.92 Å². The van der Waals surface area contributed by atoms with Gasteiger partial charge in [-0.1, -0.05) is 19.0 Å². The number of nitro groups is 2. The highest BCUT2D eigenvalue weighted by Gasteiger charge is 2.26. The fourth-order valence-corrected chi connectivity index (χ4v) is 2.33. The lowest BCUT2D eigenvalue weighted by Crippen LogP contribution is -2.16. The SMILES string of the molecule is CC1=CC(=O)C(C(C)C)=C/C1=N\OC(=O)c1ccc([N+](=O)[O-])cc1[N+](=O)[O-]. The highest BCUT2D eigenvalue weighted by atomic mass is 16.7. The van der Waals surface area contributed by atoms with E-state index in [1.807, 2.05) is 13.8 Å². The van der Waals surface area contributed by atoms with Gasteiger partial charge in [-0.2, -0.15) is 0 Å². The maximum absolute atomic E-state index is 12.2. The maximum atomic E-state index is 12.2. The predicted molar refractivity (Wildman–Crippen MR) is 94.3 cm³/mol. The molecule has 0 saturated carbocycles. The van der Waals surface area contributed by atoms with Crippen LogP contribution in [-0.4, -0.2) is 27.3 Å². The summed E-state index contributed by atoms with van der Waals surface area (Å²) in [4.78, 5) is 49.0. The summed E-state index contributed by atoms with van der Waals surface area (Å²) in [6, 6.07) is 2.56. The van der Waals surface area contributed by atoms with Crippen molar-refractivity contribution < 1.29 is 24.3 Å². The van der Waals surface area contributed by atoms with Gasteiger partial charge in [-0.3, -0.25) is 25.0 Å². The molecule has 0 aromatic heterocycles. The van der Waals surface area contributed by atoms with Gasteiger partial charge in [-0.15, -0.1) is 0 Å². The van der Waals surface area contributed by atoms with E-state index in [-0.39, 0.29) is 17.4 Å². The van der Waals surface area contributed by atoms with Gasteiger partial charge < -0.3 is 4.84 Å². The van der Waals surface area contributed by atoms with E-state index in [9.17, 15) is 29.8 Å². The fraction of sp³-hybridized carbons (Fsp3) is 0.235. The van der Waals surface area contributed by atoms with E-state index >= 15 is 0 Å². The van der Waals surface area contributed by atoms with Crippen LogP contribution in [0, 0.1) is 26.1 Å². The Bertz CT molecular complexity index is 942. The van der Waals surface area contributed by atoms with Crippen LogP contribution in [0.25, 0.3) is 0 Å². The standard InChI is InChI=1S/C17H15N3O7/c1-9(2)13-8-14(10(3)6-16(13)21)18-27-17(22)12-5-4-11(19(23)24)7-15(12)20(25)26/h4-9H,1-3H3/b18-14+. The monoisotopic (exact) mass is 373 g/mol. The summed E-state index contributed by atoms with van der Waals surface area (Å²) in [5.74, 6) is -1.38. The molecular formula is C17H15N3O7. The minimum Gasteiger partial charge on any atom is -0.312 e. The second-order valence-corrected chi connectivity index (χ2v) is 6.02.